The van der Waals surface area contributed by atoms with Crippen LogP contribution in [0.25, 0.3) is 0 Å². The van der Waals surface area contributed by atoms with Gasteiger partial charge in [-0.2, -0.15) is 17.6 Å². The number of alkyl halides is 4. The number of rotatable bonds is 6. The zero-order valence-corrected chi connectivity index (χ0v) is 10.2. The molecule has 0 heterocycles. The van der Waals surface area contributed by atoms with E-state index < -0.39 is 12.5 Å². The first-order valence-electron chi connectivity index (χ1n) is 6.09. The van der Waals surface area contributed by atoms with Crippen LogP contribution in [-0.2, 0) is 0 Å². The van der Waals surface area contributed by atoms with Crippen LogP contribution in [0.1, 0.15) is 30.9 Å². The molecule has 0 radical (unpaired) electrons. The summed E-state index contributed by atoms with van der Waals surface area (Å²) in [7, 11) is 0. The van der Waals surface area contributed by atoms with E-state index in [1.54, 1.807) is 6.07 Å². The third-order valence-corrected chi connectivity index (χ3v) is 3.08. The molecule has 0 bridgehead atoms. The van der Waals surface area contributed by atoms with Crippen molar-refractivity contribution in [3.8, 4) is 5.75 Å². The first-order chi connectivity index (χ1) is 8.88. The van der Waals surface area contributed by atoms with Crippen molar-refractivity contribution in [1.29, 1.82) is 0 Å². The van der Waals surface area contributed by atoms with Gasteiger partial charge in [-0.15, -0.1) is 0 Å². The maximum atomic E-state index is 12.8. The fourth-order valence-corrected chi connectivity index (χ4v) is 1.86. The van der Waals surface area contributed by atoms with Crippen LogP contribution < -0.4 is 10.5 Å². The van der Waals surface area contributed by atoms with E-state index in [4.69, 9.17) is 5.73 Å². The molecule has 2 rings (SSSR count). The summed E-state index contributed by atoms with van der Waals surface area (Å²) in [6, 6.07) is 5.38. The molecule has 2 nitrogen and oxygen atoms in total. The third-order valence-electron chi connectivity index (χ3n) is 3.08. The van der Waals surface area contributed by atoms with Crippen molar-refractivity contribution in [2.24, 2.45) is 11.7 Å². The second kappa shape index (κ2) is 5.36. The molecule has 1 fully saturated rings. The summed E-state index contributed by atoms with van der Waals surface area (Å²) in [5.41, 5.74) is 6.56. The largest absolute Gasteiger partial charge is 0.461 e. The van der Waals surface area contributed by atoms with E-state index in [9.17, 15) is 17.6 Å². The van der Waals surface area contributed by atoms with Crippen LogP contribution >= 0.6 is 0 Å². The minimum atomic E-state index is -4.49. The van der Waals surface area contributed by atoms with Gasteiger partial charge in [0.05, 0.1) is 0 Å². The molecule has 6 heteroatoms. The van der Waals surface area contributed by atoms with Crippen LogP contribution in [0.15, 0.2) is 24.3 Å². The first kappa shape index (κ1) is 14.1. The molecule has 1 aliphatic rings. The van der Waals surface area contributed by atoms with Gasteiger partial charge in [-0.05, 0) is 30.0 Å². The summed E-state index contributed by atoms with van der Waals surface area (Å²) >= 11 is 0. The van der Waals surface area contributed by atoms with Gasteiger partial charge < -0.3 is 10.5 Å². The van der Waals surface area contributed by atoms with E-state index in [0.29, 0.717) is 11.5 Å². The molecule has 1 saturated carbocycles. The molecule has 0 amide bonds. The summed E-state index contributed by atoms with van der Waals surface area (Å²) in [4.78, 5) is 0. The Hall–Kier alpha value is -1.30. The van der Waals surface area contributed by atoms with E-state index in [1.165, 1.54) is 18.2 Å². The highest BCUT2D eigenvalue weighted by Gasteiger charge is 2.44. The van der Waals surface area contributed by atoms with Crippen LogP contribution in [0.4, 0.5) is 17.6 Å². The number of ether oxygens (including phenoxy) is 1. The van der Waals surface area contributed by atoms with Crippen LogP contribution in [0.5, 0.6) is 5.75 Å². The minimum absolute atomic E-state index is 0.281. The van der Waals surface area contributed by atoms with Gasteiger partial charge in [-0.1, -0.05) is 25.0 Å². The average Bonchev–Trinajstić information content (AvgIpc) is 3.12. The zero-order chi connectivity index (χ0) is 14.0. The standard InChI is InChI=1S/C13H15F4NO/c14-12(15)13(16,17)19-10-3-1-2-9(7-10)11(18)6-8-4-5-8/h1-3,7-8,11-12H,4-6,18H2/t11-/m1/s1. The lowest BCUT2D eigenvalue weighted by Crippen LogP contribution is -2.33. The Kier molecular flexibility index (Phi) is 3.99. The second-order valence-electron chi connectivity index (χ2n) is 4.82. The Bertz CT molecular complexity index is 434. The summed E-state index contributed by atoms with van der Waals surface area (Å²) < 4.78 is 53.7. The summed E-state index contributed by atoms with van der Waals surface area (Å²) in [5.74, 6) is 0.288. The molecule has 1 atom stereocenters. The van der Waals surface area contributed by atoms with E-state index in [2.05, 4.69) is 4.74 Å². The molecule has 0 aliphatic heterocycles. The van der Waals surface area contributed by atoms with Crippen LogP contribution in [-0.4, -0.2) is 12.5 Å². The van der Waals surface area contributed by atoms with E-state index >= 15 is 0 Å². The highest BCUT2D eigenvalue weighted by molar-refractivity contribution is 5.30. The molecular weight excluding hydrogens is 262 g/mol. The Morgan fingerprint density at radius 3 is 2.58 bits per heavy atom. The summed E-state index contributed by atoms with van der Waals surface area (Å²) in [5, 5.41) is 0. The maximum absolute atomic E-state index is 12.8. The van der Waals surface area contributed by atoms with Gasteiger partial charge in [-0.25, -0.2) is 0 Å². The van der Waals surface area contributed by atoms with Gasteiger partial charge in [0.15, 0.2) is 0 Å². The molecule has 0 spiro atoms. The van der Waals surface area contributed by atoms with Crippen molar-refractivity contribution in [1.82, 2.24) is 0 Å². The Morgan fingerprint density at radius 1 is 1.32 bits per heavy atom. The van der Waals surface area contributed by atoms with Gasteiger partial charge >= 0.3 is 12.5 Å². The van der Waals surface area contributed by atoms with Gasteiger partial charge in [-0.3, -0.25) is 0 Å². The van der Waals surface area contributed by atoms with Crippen molar-refractivity contribution in [3.05, 3.63) is 29.8 Å². The Balaban J connectivity index is 2.05. The number of nitrogens with two attached hydrogens (primary N) is 1. The Morgan fingerprint density at radius 2 is 2.00 bits per heavy atom. The predicted molar refractivity (Wildman–Crippen MR) is 62.3 cm³/mol. The minimum Gasteiger partial charge on any atom is -0.428 e. The van der Waals surface area contributed by atoms with Crippen LogP contribution in [0.3, 0.4) is 0 Å². The number of benzene rings is 1. The highest BCUT2D eigenvalue weighted by Crippen LogP contribution is 2.37. The quantitative estimate of drug-likeness (QED) is 0.804. The molecule has 2 N–H and O–H groups in total. The number of halogens is 4. The highest BCUT2D eigenvalue weighted by atomic mass is 19.3. The monoisotopic (exact) mass is 277 g/mol. The predicted octanol–water partition coefficient (Wildman–Crippen LogP) is 3.72. The van der Waals surface area contributed by atoms with E-state index in [1.807, 2.05) is 0 Å². The van der Waals surface area contributed by atoms with Gasteiger partial charge in [0.25, 0.3) is 0 Å². The van der Waals surface area contributed by atoms with Crippen LogP contribution in [0, 0.1) is 5.92 Å². The second-order valence-corrected chi connectivity index (χ2v) is 4.82. The van der Waals surface area contributed by atoms with Crippen molar-refractivity contribution in [3.63, 3.8) is 0 Å². The molecule has 0 saturated heterocycles. The lowest BCUT2D eigenvalue weighted by Gasteiger charge is -2.18. The van der Waals surface area contributed by atoms with Gasteiger partial charge in [0, 0.05) is 6.04 Å². The molecule has 19 heavy (non-hydrogen) atoms. The normalized spacial score (nSPS) is 17.6. The number of hydrogen-bond donors (Lipinski definition) is 1. The lowest BCUT2D eigenvalue weighted by molar-refractivity contribution is -0.253. The van der Waals surface area contributed by atoms with E-state index in [-0.39, 0.29) is 11.8 Å². The Labute approximate surface area is 108 Å². The summed E-state index contributed by atoms with van der Waals surface area (Å²) in [6.07, 6.45) is -5.31. The summed E-state index contributed by atoms with van der Waals surface area (Å²) in [6.45, 7) is 0. The molecule has 1 aromatic rings. The smallest absolute Gasteiger partial charge is 0.428 e. The molecule has 106 valence electrons. The number of hydrogen-bond acceptors (Lipinski definition) is 2. The van der Waals surface area contributed by atoms with Gasteiger partial charge in [0.1, 0.15) is 5.75 Å². The fraction of sp³-hybridized carbons (Fsp3) is 0.538. The molecule has 1 aromatic carbocycles. The van der Waals surface area contributed by atoms with Crippen molar-refractivity contribution in [2.75, 3.05) is 0 Å². The van der Waals surface area contributed by atoms with Crippen LogP contribution in [0.2, 0.25) is 0 Å². The molecule has 1 aliphatic carbocycles. The maximum Gasteiger partial charge on any atom is 0.461 e. The molecular formula is C13H15F4NO. The zero-order valence-electron chi connectivity index (χ0n) is 10.2. The van der Waals surface area contributed by atoms with Gasteiger partial charge in [0.2, 0.25) is 0 Å². The molecule has 0 aromatic heterocycles. The SMILES string of the molecule is N[C@H](CC1CC1)c1cccc(OC(F)(F)C(F)F)c1. The van der Waals surface area contributed by atoms with Crippen molar-refractivity contribution >= 4 is 0 Å². The topological polar surface area (TPSA) is 35.2 Å². The van der Waals surface area contributed by atoms with Crippen molar-refractivity contribution < 1.29 is 22.3 Å². The fourth-order valence-electron chi connectivity index (χ4n) is 1.86. The third kappa shape index (κ3) is 3.83. The average molecular weight is 277 g/mol. The van der Waals surface area contributed by atoms with E-state index in [0.717, 1.165) is 19.3 Å². The molecule has 0 unspecified atom stereocenters. The van der Waals surface area contributed by atoms with Crippen molar-refractivity contribution in [2.45, 2.75) is 37.8 Å². The lowest BCUT2D eigenvalue weighted by atomic mass is 10.0. The first-order valence-corrected chi connectivity index (χ1v) is 6.09.